The maximum Gasteiger partial charge on any atom is 0.141 e. The second kappa shape index (κ2) is 6.60. The van der Waals surface area contributed by atoms with Gasteiger partial charge in [0.25, 0.3) is 0 Å². The lowest BCUT2D eigenvalue weighted by atomic mass is 10.1. The Balaban J connectivity index is 1.93. The molecule has 0 saturated carbocycles. The van der Waals surface area contributed by atoms with Crippen LogP contribution in [0.4, 0.5) is 0 Å². The highest BCUT2D eigenvalue weighted by Crippen LogP contribution is 2.23. The highest BCUT2D eigenvalue weighted by atomic mass is 32.1. The van der Waals surface area contributed by atoms with Gasteiger partial charge in [-0.05, 0) is 6.92 Å². The van der Waals surface area contributed by atoms with E-state index in [0.29, 0.717) is 23.4 Å². The van der Waals surface area contributed by atoms with Crippen molar-refractivity contribution in [3.8, 4) is 5.75 Å². The topological polar surface area (TPSA) is 78.3 Å². The molecule has 0 fully saturated rings. The number of aliphatic hydroxyl groups is 1. The number of hydrogen-bond acceptors (Lipinski definition) is 6. The lowest BCUT2D eigenvalue weighted by molar-refractivity contribution is 0.278. The normalized spacial score (nSPS) is 10.8. The van der Waals surface area contributed by atoms with Gasteiger partial charge >= 0.3 is 0 Å². The van der Waals surface area contributed by atoms with Crippen LogP contribution in [0.25, 0.3) is 0 Å². The van der Waals surface area contributed by atoms with Crippen molar-refractivity contribution in [3.63, 3.8) is 0 Å². The molecule has 2 aromatic heterocycles. The number of nitrogens with one attached hydrogen (secondary N) is 1. The molecule has 0 spiro atoms. The van der Waals surface area contributed by atoms with Gasteiger partial charge in [0.2, 0.25) is 0 Å². The van der Waals surface area contributed by atoms with Crippen LogP contribution in [-0.4, -0.2) is 26.7 Å². The molecule has 102 valence electrons. The molecule has 0 unspecified atom stereocenters. The molecule has 0 radical (unpaired) electrons. The Morgan fingerprint density at radius 2 is 2.21 bits per heavy atom. The number of aromatic nitrogens is 2. The molecule has 0 amide bonds. The Bertz CT molecular complexity index is 529. The number of aliphatic hydroxyl groups excluding tert-OH is 1. The van der Waals surface area contributed by atoms with Crippen molar-refractivity contribution in [2.45, 2.75) is 26.5 Å². The fraction of sp³-hybridized carbons (Fsp3) is 0.385. The van der Waals surface area contributed by atoms with E-state index in [1.807, 2.05) is 10.9 Å². The minimum atomic E-state index is -0.121. The molecular weight excluding hydrogens is 262 g/mol. The molecular formula is C13H17N3O2S. The lowest BCUT2D eigenvalue weighted by Crippen LogP contribution is -2.18. The quantitative estimate of drug-likeness (QED) is 0.696. The predicted molar refractivity (Wildman–Crippen MR) is 74.1 cm³/mol. The van der Waals surface area contributed by atoms with Crippen LogP contribution in [0.5, 0.6) is 5.75 Å². The van der Waals surface area contributed by atoms with Crippen LogP contribution in [0.15, 0.2) is 17.1 Å². The van der Waals surface area contributed by atoms with Crippen LogP contribution < -0.4 is 5.32 Å². The van der Waals surface area contributed by atoms with Gasteiger partial charge in [0.15, 0.2) is 0 Å². The first-order valence-corrected chi connectivity index (χ1v) is 7.01. The molecule has 5 nitrogen and oxygen atoms in total. The summed E-state index contributed by atoms with van der Waals surface area (Å²) in [6, 6.07) is 0. The van der Waals surface area contributed by atoms with Crippen molar-refractivity contribution in [3.05, 3.63) is 39.6 Å². The van der Waals surface area contributed by atoms with Crippen molar-refractivity contribution in [2.75, 3.05) is 6.54 Å². The summed E-state index contributed by atoms with van der Waals surface area (Å²) in [6.45, 7) is 2.91. The van der Waals surface area contributed by atoms with Gasteiger partial charge in [0.05, 0.1) is 23.5 Å². The summed E-state index contributed by atoms with van der Waals surface area (Å²) in [5, 5.41) is 24.5. The Labute approximate surface area is 116 Å². The molecule has 3 N–H and O–H groups in total. The summed E-state index contributed by atoms with van der Waals surface area (Å²) in [5.74, 6) is 0.160. The van der Waals surface area contributed by atoms with Crippen LogP contribution >= 0.6 is 11.3 Å². The fourth-order valence-corrected chi connectivity index (χ4v) is 2.40. The fourth-order valence-electron chi connectivity index (χ4n) is 1.81. The highest BCUT2D eigenvalue weighted by molar-refractivity contribution is 7.07. The van der Waals surface area contributed by atoms with E-state index in [0.717, 1.165) is 18.7 Å². The van der Waals surface area contributed by atoms with E-state index >= 15 is 0 Å². The first-order chi connectivity index (χ1) is 9.22. The minimum absolute atomic E-state index is 0.121. The Kier molecular flexibility index (Phi) is 4.84. The number of aromatic hydroxyl groups is 1. The van der Waals surface area contributed by atoms with Crippen LogP contribution in [0.1, 0.15) is 22.5 Å². The van der Waals surface area contributed by atoms with E-state index in [4.69, 9.17) is 0 Å². The Morgan fingerprint density at radius 3 is 2.89 bits per heavy atom. The molecule has 0 saturated heterocycles. The molecule has 2 heterocycles. The number of rotatable bonds is 6. The molecule has 0 aliphatic carbocycles. The minimum Gasteiger partial charge on any atom is -0.506 e. The van der Waals surface area contributed by atoms with Gasteiger partial charge in [-0.1, -0.05) is 0 Å². The van der Waals surface area contributed by atoms with Crippen molar-refractivity contribution in [1.29, 1.82) is 0 Å². The lowest BCUT2D eigenvalue weighted by Gasteiger charge is -2.12. The van der Waals surface area contributed by atoms with Gasteiger partial charge in [-0.25, -0.2) is 4.98 Å². The first-order valence-electron chi connectivity index (χ1n) is 6.07. The van der Waals surface area contributed by atoms with Gasteiger partial charge in [-0.15, -0.1) is 11.3 Å². The maximum absolute atomic E-state index is 9.97. The molecule has 0 bridgehead atoms. The zero-order valence-corrected chi connectivity index (χ0v) is 11.6. The van der Waals surface area contributed by atoms with Crippen molar-refractivity contribution < 1.29 is 10.2 Å². The third kappa shape index (κ3) is 3.50. The second-order valence-electron chi connectivity index (χ2n) is 4.26. The summed E-state index contributed by atoms with van der Waals surface area (Å²) in [4.78, 5) is 8.24. The number of nitrogens with zero attached hydrogens (tertiary/aromatic N) is 2. The zero-order valence-electron chi connectivity index (χ0n) is 10.8. The third-order valence-electron chi connectivity index (χ3n) is 2.94. The summed E-state index contributed by atoms with van der Waals surface area (Å²) in [6.07, 6.45) is 2.45. The van der Waals surface area contributed by atoms with Gasteiger partial charge in [0, 0.05) is 42.2 Å². The van der Waals surface area contributed by atoms with Gasteiger partial charge in [-0.3, -0.25) is 4.98 Å². The molecule has 0 aliphatic heterocycles. The van der Waals surface area contributed by atoms with Gasteiger partial charge in [0.1, 0.15) is 5.75 Å². The monoisotopic (exact) mass is 279 g/mol. The van der Waals surface area contributed by atoms with Gasteiger partial charge < -0.3 is 15.5 Å². The Hall–Kier alpha value is -1.50. The average Bonchev–Trinajstić information content (AvgIpc) is 2.92. The van der Waals surface area contributed by atoms with E-state index in [1.54, 1.807) is 24.5 Å². The average molecular weight is 279 g/mol. The molecule has 0 aromatic carbocycles. The SMILES string of the molecule is Cc1ncc(CO)c(CNCCc2cscn2)c1O. The summed E-state index contributed by atoms with van der Waals surface area (Å²) >= 11 is 1.58. The van der Waals surface area contributed by atoms with Crippen molar-refractivity contribution >= 4 is 11.3 Å². The number of thiazole rings is 1. The van der Waals surface area contributed by atoms with Crippen molar-refractivity contribution in [2.24, 2.45) is 0 Å². The van der Waals surface area contributed by atoms with Crippen molar-refractivity contribution in [1.82, 2.24) is 15.3 Å². The molecule has 6 heteroatoms. The standard InChI is InChI=1S/C13H17N3O2S/c1-9-13(18)12(10(6-17)4-15-9)5-14-3-2-11-7-19-8-16-11/h4,7-8,14,17-18H,2-3,5-6H2,1H3. The van der Waals surface area contributed by atoms with E-state index in [9.17, 15) is 10.2 Å². The number of pyridine rings is 1. The maximum atomic E-state index is 9.97. The van der Waals surface area contributed by atoms with Crippen LogP contribution in [-0.2, 0) is 19.6 Å². The molecule has 0 aliphatic rings. The van der Waals surface area contributed by atoms with Crippen LogP contribution in [0.2, 0.25) is 0 Å². The smallest absolute Gasteiger partial charge is 0.141 e. The third-order valence-corrected chi connectivity index (χ3v) is 3.58. The highest BCUT2D eigenvalue weighted by Gasteiger charge is 2.10. The summed E-state index contributed by atoms with van der Waals surface area (Å²) < 4.78 is 0. The predicted octanol–water partition coefficient (Wildman–Crippen LogP) is 1.38. The van der Waals surface area contributed by atoms with E-state index in [1.165, 1.54) is 0 Å². The van der Waals surface area contributed by atoms with Crippen LogP contribution in [0, 0.1) is 6.92 Å². The molecule has 0 atom stereocenters. The largest absolute Gasteiger partial charge is 0.506 e. The van der Waals surface area contributed by atoms with E-state index < -0.39 is 0 Å². The Morgan fingerprint density at radius 1 is 1.37 bits per heavy atom. The summed E-state index contributed by atoms with van der Waals surface area (Å²) in [7, 11) is 0. The summed E-state index contributed by atoms with van der Waals surface area (Å²) in [5.41, 5.74) is 4.83. The van der Waals surface area contributed by atoms with Crippen LogP contribution in [0.3, 0.4) is 0 Å². The van der Waals surface area contributed by atoms with E-state index in [2.05, 4.69) is 15.3 Å². The zero-order chi connectivity index (χ0) is 13.7. The first kappa shape index (κ1) is 13.9. The van der Waals surface area contributed by atoms with E-state index in [-0.39, 0.29) is 12.4 Å². The van der Waals surface area contributed by atoms with Gasteiger partial charge in [-0.2, -0.15) is 0 Å². The number of hydrogen-bond donors (Lipinski definition) is 3. The number of aryl methyl sites for hydroxylation is 1. The molecule has 2 rings (SSSR count). The molecule has 19 heavy (non-hydrogen) atoms. The molecule has 2 aromatic rings. The second-order valence-corrected chi connectivity index (χ2v) is 4.98.